The Bertz CT molecular complexity index is 696. The number of alkyl halides is 3. The first-order valence-corrected chi connectivity index (χ1v) is 6.36. The van der Waals surface area contributed by atoms with Gasteiger partial charge in [0.2, 0.25) is 0 Å². The third kappa shape index (κ3) is 2.93. The highest BCUT2D eigenvalue weighted by molar-refractivity contribution is 5.85. The van der Waals surface area contributed by atoms with E-state index < -0.39 is 11.9 Å². The van der Waals surface area contributed by atoms with Gasteiger partial charge in [0.05, 0.1) is 17.7 Å². The van der Waals surface area contributed by atoms with Gasteiger partial charge in [-0.1, -0.05) is 0 Å². The van der Waals surface area contributed by atoms with Crippen LogP contribution in [0.15, 0.2) is 30.5 Å². The number of nitriles is 1. The monoisotopic (exact) mass is 328 g/mol. The standard InChI is InChI=1S/C14H11F3N4.ClH/c15-14(16,17)12-8-21(11-6-19-7-11)13(20-12)10-3-1-9(5-18)2-4-10;/h1-4,8,11,19H,6-7H2;1H. The second-order valence-electron chi connectivity index (χ2n) is 4.86. The van der Waals surface area contributed by atoms with E-state index in [0.717, 1.165) is 6.20 Å². The van der Waals surface area contributed by atoms with Crippen molar-refractivity contribution in [2.45, 2.75) is 12.2 Å². The number of imidazole rings is 1. The van der Waals surface area contributed by atoms with Gasteiger partial charge in [0, 0.05) is 24.8 Å². The van der Waals surface area contributed by atoms with Gasteiger partial charge in [0.15, 0.2) is 5.69 Å². The zero-order chi connectivity index (χ0) is 15.0. The van der Waals surface area contributed by atoms with Crippen LogP contribution in [0.5, 0.6) is 0 Å². The summed E-state index contributed by atoms with van der Waals surface area (Å²) in [6, 6.07) is 8.32. The van der Waals surface area contributed by atoms with Crippen LogP contribution in [0.1, 0.15) is 17.3 Å². The smallest absolute Gasteiger partial charge is 0.325 e. The molecule has 0 saturated carbocycles. The summed E-state index contributed by atoms with van der Waals surface area (Å²) < 4.78 is 40.2. The minimum atomic E-state index is -4.47. The van der Waals surface area contributed by atoms with Gasteiger partial charge in [-0.25, -0.2) is 4.98 Å². The average Bonchev–Trinajstić information content (AvgIpc) is 2.81. The van der Waals surface area contributed by atoms with Gasteiger partial charge in [-0.2, -0.15) is 18.4 Å². The van der Waals surface area contributed by atoms with E-state index >= 15 is 0 Å². The Hall–Kier alpha value is -2.04. The molecular weight excluding hydrogens is 317 g/mol. The molecule has 1 saturated heterocycles. The third-order valence-electron chi connectivity index (χ3n) is 3.45. The Morgan fingerprint density at radius 2 is 1.86 bits per heavy atom. The van der Waals surface area contributed by atoms with E-state index in [0.29, 0.717) is 24.2 Å². The molecule has 1 fully saturated rings. The Labute approximate surface area is 131 Å². The SMILES string of the molecule is Cl.N#Cc1ccc(-c2nc(C(F)(F)F)cn2C2CNC2)cc1. The van der Waals surface area contributed by atoms with Crippen molar-refractivity contribution in [3.63, 3.8) is 0 Å². The molecule has 2 heterocycles. The highest BCUT2D eigenvalue weighted by Crippen LogP contribution is 2.33. The van der Waals surface area contributed by atoms with Crippen LogP contribution in [0, 0.1) is 11.3 Å². The number of aromatic nitrogens is 2. The normalized spacial score (nSPS) is 14.8. The van der Waals surface area contributed by atoms with Crippen LogP contribution in [0.4, 0.5) is 13.2 Å². The van der Waals surface area contributed by atoms with Crippen LogP contribution in [-0.4, -0.2) is 22.6 Å². The molecule has 22 heavy (non-hydrogen) atoms. The molecule has 4 nitrogen and oxygen atoms in total. The van der Waals surface area contributed by atoms with Crippen LogP contribution in [0.25, 0.3) is 11.4 Å². The lowest BCUT2D eigenvalue weighted by Gasteiger charge is -2.29. The van der Waals surface area contributed by atoms with Crippen LogP contribution >= 0.6 is 12.4 Å². The molecule has 2 aromatic rings. The summed E-state index contributed by atoms with van der Waals surface area (Å²) in [5.41, 5.74) is 0.128. The molecule has 0 amide bonds. The Kier molecular flexibility index (Phi) is 4.44. The number of nitrogens with zero attached hydrogens (tertiary/aromatic N) is 3. The highest BCUT2D eigenvalue weighted by atomic mass is 35.5. The van der Waals surface area contributed by atoms with Gasteiger partial charge in [-0.05, 0) is 24.3 Å². The minimum absolute atomic E-state index is 0. The fourth-order valence-corrected chi connectivity index (χ4v) is 2.19. The fraction of sp³-hybridized carbons (Fsp3) is 0.286. The predicted octanol–water partition coefficient (Wildman–Crippen LogP) is 3.01. The molecule has 116 valence electrons. The average molecular weight is 329 g/mol. The van der Waals surface area contributed by atoms with Crippen LogP contribution in [0.2, 0.25) is 0 Å². The van der Waals surface area contributed by atoms with Crippen LogP contribution < -0.4 is 5.32 Å². The molecule has 0 aliphatic carbocycles. The topological polar surface area (TPSA) is 53.6 Å². The van der Waals surface area contributed by atoms with Crippen molar-refractivity contribution in [2.75, 3.05) is 13.1 Å². The second-order valence-corrected chi connectivity index (χ2v) is 4.86. The molecule has 1 aromatic heterocycles. The molecule has 0 bridgehead atoms. The maximum Gasteiger partial charge on any atom is 0.434 e. The zero-order valence-electron chi connectivity index (χ0n) is 11.3. The molecule has 3 rings (SSSR count). The van der Waals surface area contributed by atoms with E-state index in [9.17, 15) is 13.2 Å². The Morgan fingerprint density at radius 1 is 1.23 bits per heavy atom. The van der Waals surface area contributed by atoms with Crippen molar-refractivity contribution in [2.24, 2.45) is 0 Å². The molecule has 0 unspecified atom stereocenters. The van der Waals surface area contributed by atoms with Crippen molar-refractivity contribution in [3.8, 4) is 17.5 Å². The molecule has 0 spiro atoms. The van der Waals surface area contributed by atoms with E-state index in [4.69, 9.17) is 5.26 Å². The van der Waals surface area contributed by atoms with Crippen molar-refractivity contribution in [3.05, 3.63) is 41.7 Å². The second kappa shape index (κ2) is 5.99. The largest absolute Gasteiger partial charge is 0.434 e. The van der Waals surface area contributed by atoms with Crippen molar-refractivity contribution in [1.29, 1.82) is 5.26 Å². The number of hydrogen-bond acceptors (Lipinski definition) is 3. The quantitative estimate of drug-likeness (QED) is 0.922. The van der Waals surface area contributed by atoms with E-state index in [1.807, 2.05) is 6.07 Å². The number of halogens is 4. The summed E-state index contributed by atoms with van der Waals surface area (Å²) >= 11 is 0. The van der Waals surface area contributed by atoms with Gasteiger partial charge in [0.25, 0.3) is 0 Å². The first-order chi connectivity index (χ1) is 9.99. The summed E-state index contributed by atoms with van der Waals surface area (Å²) in [5, 5.41) is 11.8. The molecule has 0 radical (unpaired) electrons. The van der Waals surface area contributed by atoms with Gasteiger partial charge >= 0.3 is 6.18 Å². The Morgan fingerprint density at radius 3 is 2.32 bits per heavy atom. The third-order valence-corrected chi connectivity index (χ3v) is 3.45. The van der Waals surface area contributed by atoms with Crippen LogP contribution in [-0.2, 0) is 6.18 Å². The van der Waals surface area contributed by atoms with E-state index in [2.05, 4.69) is 10.3 Å². The molecule has 1 N–H and O–H groups in total. The lowest BCUT2D eigenvalue weighted by molar-refractivity contribution is -0.140. The van der Waals surface area contributed by atoms with Crippen molar-refractivity contribution < 1.29 is 13.2 Å². The molecule has 8 heteroatoms. The fourth-order valence-electron chi connectivity index (χ4n) is 2.19. The summed E-state index contributed by atoms with van der Waals surface area (Å²) in [6.07, 6.45) is -3.41. The van der Waals surface area contributed by atoms with E-state index in [1.165, 1.54) is 0 Å². The zero-order valence-corrected chi connectivity index (χ0v) is 12.1. The van der Waals surface area contributed by atoms with Gasteiger partial charge < -0.3 is 9.88 Å². The lowest BCUT2D eigenvalue weighted by Crippen LogP contribution is -2.43. The highest BCUT2D eigenvalue weighted by Gasteiger charge is 2.36. The molecular formula is C14H12ClF3N4. The van der Waals surface area contributed by atoms with Crippen molar-refractivity contribution >= 4 is 12.4 Å². The summed E-state index contributed by atoms with van der Waals surface area (Å²) in [7, 11) is 0. The molecule has 1 aliphatic rings. The van der Waals surface area contributed by atoms with Crippen LogP contribution in [0.3, 0.4) is 0 Å². The lowest BCUT2D eigenvalue weighted by atomic mass is 10.1. The minimum Gasteiger partial charge on any atom is -0.325 e. The van der Waals surface area contributed by atoms with E-state index in [1.54, 1.807) is 28.8 Å². The first kappa shape index (κ1) is 16.3. The number of nitrogens with one attached hydrogen (secondary N) is 1. The maximum atomic E-state index is 12.9. The summed E-state index contributed by atoms with van der Waals surface area (Å²) in [5.74, 6) is 0.276. The predicted molar refractivity (Wildman–Crippen MR) is 76.5 cm³/mol. The van der Waals surface area contributed by atoms with Gasteiger partial charge in [-0.15, -0.1) is 12.4 Å². The summed E-state index contributed by atoms with van der Waals surface area (Å²) in [6.45, 7) is 1.24. The summed E-state index contributed by atoms with van der Waals surface area (Å²) in [4.78, 5) is 3.74. The number of hydrogen-bond donors (Lipinski definition) is 1. The molecule has 1 aliphatic heterocycles. The van der Waals surface area contributed by atoms with Crippen molar-refractivity contribution in [1.82, 2.24) is 14.9 Å². The number of rotatable bonds is 2. The number of benzene rings is 1. The van der Waals surface area contributed by atoms with Gasteiger partial charge in [-0.3, -0.25) is 0 Å². The molecule has 0 atom stereocenters. The first-order valence-electron chi connectivity index (χ1n) is 6.36. The maximum absolute atomic E-state index is 12.9. The van der Waals surface area contributed by atoms with Gasteiger partial charge in [0.1, 0.15) is 5.82 Å². The Balaban J connectivity index is 0.00000176. The van der Waals surface area contributed by atoms with E-state index in [-0.39, 0.29) is 24.3 Å². The molecule has 1 aromatic carbocycles.